The standard InChI is InChI=1S/C12H11N3O3/c1-15(11(16)9-6-13-14-7-9)10-4-2-8(3-5-10)12(17)18/h2-7H,1H3,(H,13,14)(H,17,18). The number of carboxylic acids is 1. The SMILES string of the molecule is CN(C(=O)c1cn[nH]c1)c1ccc(C(=O)O)cc1. The zero-order valence-corrected chi connectivity index (χ0v) is 9.62. The van der Waals surface area contributed by atoms with Gasteiger partial charge < -0.3 is 10.0 Å². The third-order valence-electron chi connectivity index (χ3n) is 2.55. The predicted molar refractivity (Wildman–Crippen MR) is 64.7 cm³/mol. The minimum Gasteiger partial charge on any atom is -0.478 e. The van der Waals surface area contributed by atoms with Crippen molar-refractivity contribution < 1.29 is 14.7 Å². The second-order valence-corrected chi connectivity index (χ2v) is 3.70. The summed E-state index contributed by atoms with van der Waals surface area (Å²) < 4.78 is 0. The Morgan fingerprint density at radius 3 is 2.39 bits per heavy atom. The number of hydrogen-bond acceptors (Lipinski definition) is 3. The highest BCUT2D eigenvalue weighted by atomic mass is 16.4. The van der Waals surface area contributed by atoms with E-state index in [1.165, 1.54) is 29.4 Å². The highest BCUT2D eigenvalue weighted by Gasteiger charge is 2.14. The molecule has 1 amide bonds. The van der Waals surface area contributed by atoms with Crippen LogP contribution in [0.3, 0.4) is 0 Å². The monoisotopic (exact) mass is 245 g/mol. The number of nitrogens with zero attached hydrogens (tertiary/aromatic N) is 2. The van der Waals surface area contributed by atoms with Gasteiger partial charge in [-0.05, 0) is 24.3 Å². The number of H-pyrrole nitrogens is 1. The highest BCUT2D eigenvalue weighted by Crippen LogP contribution is 2.16. The minimum atomic E-state index is -0.995. The van der Waals surface area contributed by atoms with Crippen LogP contribution in [0.4, 0.5) is 5.69 Å². The van der Waals surface area contributed by atoms with Crippen molar-refractivity contribution in [2.24, 2.45) is 0 Å². The van der Waals surface area contributed by atoms with Crippen LogP contribution in [0, 0.1) is 0 Å². The van der Waals surface area contributed by atoms with Gasteiger partial charge in [-0.15, -0.1) is 0 Å². The van der Waals surface area contributed by atoms with Gasteiger partial charge in [0, 0.05) is 18.9 Å². The van der Waals surface area contributed by atoms with E-state index >= 15 is 0 Å². The molecule has 0 aliphatic rings. The van der Waals surface area contributed by atoms with Crippen molar-refractivity contribution in [3.8, 4) is 0 Å². The summed E-state index contributed by atoms with van der Waals surface area (Å²) in [7, 11) is 1.62. The number of aromatic carboxylic acids is 1. The molecule has 1 heterocycles. The Morgan fingerprint density at radius 1 is 1.22 bits per heavy atom. The van der Waals surface area contributed by atoms with Gasteiger partial charge >= 0.3 is 5.97 Å². The molecule has 18 heavy (non-hydrogen) atoms. The zero-order chi connectivity index (χ0) is 13.1. The number of amides is 1. The van der Waals surface area contributed by atoms with E-state index in [2.05, 4.69) is 10.2 Å². The maximum Gasteiger partial charge on any atom is 0.335 e. The molecule has 0 fully saturated rings. The van der Waals surface area contributed by atoms with E-state index in [9.17, 15) is 9.59 Å². The molecule has 0 aliphatic heterocycles. The van der Waals surface area contributed by atoms with Crippen LogP contribution in [-0.2, 0) is 0 Å². The van der Waals surface area contributed by atoms with E-state index < -0.39 is 5.97 Å². The molecule has 6 heteroatoms. The molecular weight excluding hydrogens is 234 g/mol. The fraction of sp³-hybridized carbons (Fsp3) is 0.0833. The number of anilines is 1. The van der Waals surface area contributed by atoms with Gasteiger partial charge in [0.25, 0.3) is 5.91 Å². The predicted octanol–water partition coefficient (Wildman–Crippen LogP) is 1.38. The Kier molecular flexibility index (Phi) is 3.09. The number of benzene rings is 1. The molecule has 0 saturated carbocycles. The summed E-state index contributed by atoms with van der Waals surface area (Å²) in [5.74, 6) is -1.21. The Bertz CT molecular complexity index is 561. The number of carboxylic acid groups (broad SMARTS) is 1. The normalized spacial score (nSPS) is 10.1. The second-order valence-electron chi connectivity index (χ2n) is 3.70. The van der Waals surface area contributed by atoms with Crippen molar-refractivity contribution in [3.63, 3.8) is 0 Å². The van der Waals surface area contributed by atoms with E-state index in [-0.39, 0.29) is 11.5 Å². The van der Waals surface area contributed by atoms with Gasteiger partial charge in [-0.2, -0.15) is 5.10 Å². The Hall–Kier alpha value is -2.63. The van der Waals surface area contributed by atoms with E-state index in [0.29, 0.717) is 11.3 Å². The van der Waals surface area contributed by atoms with E-state index in [1.807, 2.05) is 0 Å². The van der Waals surface area contributed by atoms with Gasteiger partial charge in [0.15, 0.2) is 0 Å². The lowest BCUT2D eigenvalue weighted by atomic mass is 10.2. The van der Waals surface area contributed by atoms with Gasteiger partial charge in [0.1, 0.15) is 0 Å². The third-order valence-corrected chi connectivity index (χ3v) is 2.55. The maximum atomic E-state index is 12.0. The molecule has 0 spiro atoms. The lowest BCUT2D eigenvalue weighted by Crippen LogP contribution is -2.25. The molecule has 2 rings (SSSR count). The smallest absolute Gasteiger partial charge is 0.335 e. The van der Waals surface area contributed by atoms with Crippen molar-refractivity contribution in [1.82, 2.24) is 10.2 Å². The van der Waals surface area contributed by atoms with Gasteiger partial charge in [0.2, 0.25) is 0 Å². The molecule has 6 nitrogen and oxygen atoms in total. The van der Waals surface area contributed by atoms with Crippen LogP contribution in [0.15, 0.2) is 36.7 Å². The lowest BCUT2D eigenvalue weighted by Gasteiger charge is -2.16. The van der Waals surface area contributed by atoms with Crippen molar-refractivity contribution in [3.05, 3.63) is 47.8 Å². The van der Waals surface area contributed by atoms with Gasteiger partial charge in [-0.3, -0.25) is 9.89 Å². The van der Waals surface area contributed by atoms with Crippen molar-refractivity contribution in [2.75, 3.05) is 11.9 Å². The minimum absolute atomic E-state index is 0.183. The molecule has 92 valence electrons. The van der Waals surface area contributed by atoms with Crippen LogP contribution in [0.1, 0.15) is 20.7 Å². The van der Waals surface area contributed by atoms with Crippen LogP contribution in [0.25, 0.3) is 0 Å². The summed E-state index contributed by atoms with van der Waals surface area (Å²) in [4.78, 5) is 24.1. The van der Waals surface area contributed by atoms with Gasteiger partial charge in [-0.1, -0.05) is 0 Å². The van der Waals surface area contributed by atoms with Crippen LogP contribution >= 0.6 is 0 Å². The summed E-state index contributed by atoms with van der Waals surface area (Å²) in [6.45, 7) is 0. The molecule has 0 atom stereocenters. The highest BCUT2D eigenvalue weighted by molar-refractivity contribution is 6.05. The van der Waals surface area contributed by atoms with Crippen LogP contribution in [0.2, 0.25) is 0 Å². The first-order valence-electron chi connectivity index (χ1n) is 5.20. The molecule has 0 bridgehead atoms. The topological polar surface area (TPSA) is 86.3 Å². The number of aromatic amines is 1. The summed E-state index contributed by atoms with van der Waals surface area (Å²) in [6.07, 6.45) is 2.94. The first-order chi connectivity index (χ1) is 8.59. The molecule has 0 unspecified atom stereocenters. The van der Waals surface area contributed by atoms with Crippen molar-refractivity contribution >= 4 is 17.6 Å². The average Bonchev–Trinajstić information content (AvgIpc) is 2.91. The Morgan fingerprint density at radius 2 is 1.89 bits per heavy atom. The molecular formula is C12H11N3O3. The molecule has 2 N–H and O–H groups in total. The third kappa shape index (κ3) is 2.22. The quantitative estimate of drug-likeness (QED) is 0.855. The zero-order valence-electron chi connectivity index (χ0n) is 9.62. The van der Waals surface area contributed by atoms with Gasteiger partial charge in [-0.25, -0.2) is 4.79 Å². The first kappa shape index (κ1) is 11.8. The number of nitrogens with one attached hydrogen (secondary N) is 1. The summed E-state index contributed by atoms with van der Waals surface area (Å²) in [6, 6.07) is 6.08. The average molecular weight is 245 g/mol. The number of hydrogen-bond donors (Lipinski definition) is 2. The van der Waals surface area contributed by atoms with Crippen LogP contribution in [0.5, 0.6) is 0 Å². The van der Waals surface area contributed by atoms with Crippen molar-refractivity contribution in [1.29, 1.82) is 0 Å². The van der Waals surface area contributed by atoms with E-state index in [4.69, 9.17) is 5.11 Å². The fourth-order valence-electron chi connectivity index (χ4n) is 1.51. The van der Waals surface area contributed by atoms with Crippen LogP contribution < -0.4 is 4.90 Å². The van der Waals surface area contributed by atoms with Crippen molar-refractivity contribution in [2.45, 2.75) is 0 Å². The van der Waals surface area contributed by atoms with Crippen LogP contribution in [-0.4, -0.2) is 34.2 Å². The van der Waals surface area contributed by atoms with Gasteiger partial charge in [0.05, 0.1) is 17.3 Å². The molecule has 0 radical (unpaired) electrons. The summed E-state index contributed by atoms with van der Waals surface area (Å²) in [5.41, 5.74) is 1.24. The van der Waals surface area contributed by atoms with E-state index in [0.717, 1.165) is 0 Å². The second kappa shape index (κ2) is 4.70. The van der Waals surface area contributed by atoms with E-state index in [1.54, 1.807) is 19.2 Å². The lowest BCUT2D eigenvalue weighted by molar-refractivity contribution is 0.0696. The number of rotatable bonds is 3. The number of carbonyl (C=O) groups excluding carboxylic acids is 1. The summed E-state index contributed by atoms with van der Waals surface area (Å²) >= 11 is 0. The Balaban J connectivity index is 2.21. The molecule has 2 aromatic rings. The summed E-state index contributed by atoms with van der Waals surface area (Å²) in [5, 5.41) is 15.1. The number of aromatic nitrogens is 2. The molecule has 1 aromatic heterocycles. The first-order valence-corrected chi connectivity index (χ1v) is 5.20. The fourth-order valence-corrected chi connectivity index (χ4v) is 1.51. The molecule has 0 aliphatic carbocycles. The number of carbonyl (C=O) groups is 2. The molecule has 0 saturated heterocycles. The molecule has 1 aromatic carbocycles. The Labute approximate surface area is 103 Å². The largest absolute Gasteiger partial charge is 0.478 e. The maximum absolute atomic E-state index is 12.0.